The summed E-state index contributed by atoms with van der Waals surface area (Å²) in [6.07, 6.45) is 2.70. The SMILES string of the molecule is BrC1CC(Oc2ccccc2)C1. The van der Waals surface area contributed by atoms with Gasteiger partial charge in [0.15, 0.2) is 0 Å². The molecule has 0 amide bonds. The van der Waals surface area contributed by atoms with Crippen molar-refractivity contribution in [3.63, 3.8) is 0 Å². The third-order valence-electron chi connectivity index (χ3n) is 2.08. The van der Waals surface area contributed by atoms with Gasteiger partial charge < -0.3 is 4.74 Å². The molecule has 0 atom stereocenters. The highest BCUT2D eigenvalue weighted by Gasteiger charge is 2.28. The first kappa shape index (κ1) is 8.11. The second kappa shape index (κ2) is 3.48. The Hall–Kier alpha value is -0.500. The van der Waals surface area contributed by atoms with Gasteiger partial charge in [0.05, 0.1) is 0 Å². The summed E-state index contributed by atoms with van der Waals surface area (Å²) in [5, 5.41) is 0. The van der Waals surface area contributed by atoms with E-state index in [9.17, 15) is 0 Å². The van der Waals surface area contributed by atoms with Crippen LogP contribution in [0.4, 0.5) is 0 Å². The molecule has 1 aliphatic carbocycles. The van der Waals surface area contributed by atoms with Crippen molar-refractivity contribution in [1.29, 1.82) is 0 Å². The molecule has 1 saturated carbocycles. The van der Waals surface area contributed by atoms with Gasteiger partial charge in [-0.15, -0.1) is 0 Å². The molecule has 0 aliphatic heterocycles. The lowest BCUT2D eigenvalue weighted by Gasteiger charge is -2.31. The van der Waals surface area contributed by atoms with Crippen LogP contribution in [0.25, 0.3) is 0 Å². The Labute approximate surface area is 80.9 Å². The Bertz CT molecular complexity index is 241. The minimum absolute atomic E-state index is 0.428. The molecule has 1 nitrogen and oxygen atoms in total. The summed E-state index contributed by atoms with van der Waals surface area (Å²) < 4.78 is 5.69. The quantitative estimate of drug-likeness (QED) is 0.705. The molecule has 0 N–H and O–H groups in total. The molecule has 64 valence electrons. The van der Waals surface area contributed by atoms with E-state index >= 15 is 0 Å². The maximum atomic E-state index is 5.69. The van der Waals surface area contributed by atoms with Gasteiger partial charge >= 0.3 is 0 Å². The molecule has 0 bridgehead atoms. The van der Waals surface area contributed by atoms with Crippen molar-refractivity contribution in [1.82, 2.24) is 0 Å². The van der Waals surface area contributed by atoms with Crippen LogP contribution in [-0.2, 0) is 0 Å². The maximum absolute atomic E-state index is 5.69. The molecule has 0 heterocycles. The fourth-order valence-electron chi connectivity index (χ4n) is 1.29. The lowest BCUT2D eigenvalue weighted by atomic mass is 9.96. The predicted molar refractivity (Wildman–Crippen MR) is 52.8 cm³/mol. The summed E-state index contributed by atoms with van der Waals surface area (Å²) in [6.45, 7) is 0. The first-order valence-corrected chi connectivity index (χ1v) is 5.12. The second-order valence-electron chi connectivity index (χ2n) is 3.12. The number of alkyl halides is 1. The standard InChI is InChI=1S/C10H11BrO/c11-8-6-10(7-8)12-9-4-2-1-3-5-9/h1-5,8,10H,6-7H2. The van der Waals surface area contributed by atoms with E-state index in [1.807, 2.05) is 30.3 Å². The largest absolute Gasteiger partial charge is 0.490 e. The maximum Gasteiger partial charge on any atom is 0.119 e. The predicted octanol–water partition coefficient (Wildman–Crippen LogP) is 2.99. The Kier molecular flexibility index (Phi) is 2.35. The minimum Gasteiger partial charge on any atom is -0.490 e. The summed E-state index contributed by atoms with van der Waals surface area (Å²) in [5.41, 5.74) is 0. The molecule has 0 spiro atoms. The normalized spacial score (nSPS) is 27.8. The average molecular weight is 227 g/mol. The highest BCUT2D eigenvalue weighted by atomic mass is 79.9. The van der Waals surface area contributed by atoms with E-state index < -0.39 is 0 Å². The van der Waals surface area contributed by atoms with Crippen molar-refractivity contribution in [3.8, 4) is 5.75 Å². The van der Waals surface area contributed by atoms with Crippen molar-refractivity contribution < 1.29 is 4.74 Å². The van der Waals surface area contributed by atoms with Crippen LogP contribution >= 0.6 is 15.9 Å². The number of hydrogen-bond acceptors (Lipinski definition) is 1. The van der Waals surface area contributed by atoms with Crippen LogP contribution in [0.3, 0.4) is 0 Å². The molecule has 0 saturated heterocycles. The first-order chi connectivity index (χ1) is 5.84. The Morgan fingerprint density at radius 3 is 2.42 bits per heavy atom. The molecule has 0 aromatic heterocycles. The van der Waals surface area contributed by atoms with Crippen LogP contribution < -0.4 is 4.74 Å². The van der Waals surface area contributed by atoms with Crippen molar-refractivity contribution >= 4 is 15.9 Å². The van der Waals surface area contributed by atoms with Crippen molar-refractivity contribution in [2.45, 2.75) is 23.8 Å². The summed E-state index contributed by atoms with van der Waals surface area (Å²) in [5.74, 6) is 0.988. The van der Waals surface area contributed by atoms with Gasteiger partial charge in [0, 0.05) is 4.83 Å². The molecule has 2 rings (SSSR count). The molecule has 2 heteroatoms. The molecule has 1 aliphatic rings. The van der Waals surface area contributed by atoms with E-state index in [2.05, 4.69) is 15.9 Å². The molecular weight excluding hydrogens is 216 g/mol. The lowest BCUT2D eigenvalue weighted by molar-refractivity contribution is 0.128. The van der Waals surface area contributed by atoms with E-state index in [0.717, 1.165) is 18.6 Å². The van der Waals surface area contributed by atoms with Gasteiger partial charge in [-0.05, 0) is 25.0 Å². The van der Waals surface area contributed by atoms with Crippen LogP contribution in [0.15, 0.2) is 30.3 Å². The first-order valence-electron chi connectivity index (χ1n) is 4.20. The van der Waals surface area contributed by atoms with Crippen LogP contribution in [0.5, 0.6) is 5.75 Å². The lowest BCUT2D eigenvalue weighted by Crippen LogP contribution is -2.33. The third kappa shape index (κ3) is 1.81. The number of para-hydroxylation sites is 1. The summed E-state index contributed by atoms with van der Waals surface area (Å²) in [6, 6.07) is 10.0. The number of hydrogen-bond donors (Lipinski definition) is 0. The van der Waals surface area contributed by atoms with E-state index in [4.69, 9.17) is 4.74 Å². The van der Waals surface area contributed by atoms with Gasteiger partial charge in [-0.25, -0.2) is 0 Å². The number of ether oxygens (including phenoxy) is 1. The Morgan fingerprint density at radius 2 is 1.83 bits per heavy atom. The van der Waals surface area contributed by atoms with Crippen LogP contribution in [-0.4, -0.2) is 10.9 Å². The molecule has 12 heavy (non-hydrogen) atoms. The van der Waals surface area contributed by atoms with E-state index in [-0.39, 0.29) is 0 Å². The zero-order valence-corrected chi connectivity index (χ0v) is 8.33. The zero-order chi connectivity index (χ0) is 8.39. The molecule has 1 aromatic carbocycles. The van der Waals surface area contributed by atoms with E-state index in [0.29, 0.717) is 10.9 Å². The summed E-state index contributed by atoms with van der Waals surface area (Å²) >= 11 is 3.53. The highest BCUT2D eigenvalue weighted by molar-refractivity contribution is 9.09. The fraction of sp³-hybridized carbons (Fsp3) is 0.400. The van der Waals surface area contributed by atoms with Crippen molar-refractivity contribution in [2.24, 2.45) is 0 Å². The molecule has 1 fully saturated rings. The van der Waals surface area contributed by atoms with Gasteiger partial charge in [0.2, 0.25) is 0 Å². The smallest absolute Gasteiger partial charge is 0.119 e. The Balaban J connectivity index is 1.88. The highest BCUT2D eigenvalue weighted by Crippen LogP contribution is 2.30. The number of halogens is 1. The number of rotatable bonds is 2. The van der Waals surface area contributed by atoms with E-state index in [1.54, 1.807) is 0 Å². The van der Waals surface area contributed by atoms with E-state index in [1.165, 1.54) is 0 Å². The topological polar surface area (TPSA) is 9.23 Å². The molecular formula is C10H11BrO. The summed E-state index contributed by atoms with van der Waals surface area (Å²) in [4.78, 5) is 0.672. The van der Waals surface area contributed by atoms with Crippen LogP contribution in [0.2, 0.25) is 0 Å². The Morgan fingerprint density at radius 1 is 1.17 bits per heavy atom. The second-order valence-corrected chi connectivity index (χ2v) is 4.42. The minimum atomic E-state index is 0.428. The third-order valence-corrected chi connectivity index (χ3v) is 2.83. The van der Waals surface area contributed by atoms with Crippen LogP contribution in [0, 0.1) is 0 Å². The van der Waals surface area contributed by atoms with Gasteiger partial charge in [-0.3, -0.25) is 0 Å². The van der Waals surface area contributed by atoms with Gasteiger partial charge in [-0.1, -0.05) is 34.1 Å². The van der Waals surface area contributed by atoms with Gasteiger partial charge in [0.1, 0.15) is 11.9 Å². The van der Waals surface area contributed by atoms with Crippen molar-refractivity contribution in [2.75, 3.05) is 0 Å². The monoisotopic (exact) mass is 226 g/mol. The molecule has 0 unspecified atom stereocenters. The van der Waals surface area contributed by atoms with Gasteiger partial charge in [-0.2, -0.15) is 0 Å². The molecule has 1 aromatic rings. The van der Waals surface area contributed by atoms with Crippen molar-refractivity contribution in [3.05, 3.63) is 30.3 Å². The zero-order valence-electron chi connectivity index (χ0n) is 6.74. The summed E-state index contributed by atoms with van der Waals surface area (Å²) in [7, 11) is 0. The van der Waals surface area contributed by atoms with Crippen LogP contribution in [0.1, 0.15) is 12.8 Å². The molecule has 0 radical (unpaired) electrons. The average Bonchev–Trinajstić information content (AvgIpc) is 2.04. The number of benzene rings is 1. The fourth-order valence-corrected chi connectivity index (χ4v) is 2.12. The van der Waals surface area contributed by atoms with Gasteiger partial charge in [0.25, 0.3) is 0 Å².